The van der Waals surface area contributed by atoms with Crippen LogP contribution in [-0.4, -0.2) is 12.3 Å². The number of nitrogens with one attached hydrogen (secondary N) is 2. The van der Waals surface area contributed by atoms with E-state index in [1.165, 1.54) is 16.7 Å². The van der Waals surface area contributed by atoms with Crippen LogP contribution in [0.3, 0.4) is 0 Å². The molecule has 2 aromatic rings. The first-order valence-corrected chi connectivity index (χ1v) is 7.86. The van der Waals surface area contributed by atoms with Crippen LogP contribution in [0.4, 0.5) is 5.69 Å². The molecule has 2 aromatic carbocycles. The normalized spacial score (nSPS) is 13.3. The minimum atomic E-state index is 0.531. The van der Waals surface area contributed by atoms with Crippen molar-refractivity contribution in [2.24, 2.45) is 0 Å². The third kappa shape index (κ3) is 3.49. The first-order chi connectivity index (χ1) is 11.3. The van der Waals surface area contributed by atoms with Gasteiger partial charge in [0.25, 0.3) is 0 Å². The van der Waals surface area contributed by atoms with Crippen LogP contribution in [0.25, 0.3) is 5.57 Å². The van der Waals surface area contributed by atoms with Gasteiger partial charge in [-0.15, -0.1) is 0 Å². The van der Waals surface area contributed by atoms with E-state index in [1.54, 1.807) is 0 Å². The van der Waals surface area contributed by atoms with E-state index in [0.29, 0.717) is 5.71 Å². The molecule has 0 saturated carbocycles. The highest BCUT2D eigenvalue weighted by atomic mass is 14.8. The summed E-state index contributed by atoms with van der Waals surface area (Å²) >= 11 is 0. The van der Waals surface area contributed by atoms with Crippen molar-refractivity contribution in [3.63, 3.8) is 0 Å². The molecule has 114 valence electrons. The van der Waals surface area contributed by atoms with Crippen molar-refractivity contribution in [2.45, 2.75) is 6.92 Å². The van der Waals surface area contributed by atoms with Gasteiger partial charge in [0.15, 0.2) is 0 Å². The largest absolute Gasteiger partial charge is 0.385 e. The fraction of sp³-hybridized carbons (Fsp3) is 0.0952. The average molecular weight is 300 g/mol. The zero-order valence-electron chi connectivity index (χ0n) is 13.2. The lowest BCUT2D eigenvalue weighted by molar-refractivity contribution is 1.21. The van der Waals surface area contributed by atoms with Gasteiger partial charge in [-0.3, -0.25) is 0 Å². The Bertz CT molecular complexity index is 760. The van der Waals surface area contributed by atoms with Crippen LogP contribution in [0.15, 0.2) is 84.5 Å². The van der Waals surface area contributed by atoms with Crippen molar-refractivity contribution in [1.29, 1.82) is 5.41 Å². The number of hydrogen-bond donors (Lipinski definition) is 2. The molecule has 1 aliphatic rings. The maximum absolute atomic E-state index is 7.70. The van der Waals surface area contributed by atoms with Gasteiger partial charge in [-0.1, -0.05) is 54.6 Å². The molecule has 0 heterocycles. The Balaban J connectivity index is 2.10. The van der Waals surface area contributed by atoms with Crippen molar-refractivity contribution in [2.75, 3.05) is 11.9 Å². The number of hydrogen-bond acceptors (Lipinski definition) is 2. The van der Waals surface area contributed by atoms with E-state index >= 15 is 0 Å². The van der Waals surface area contributed by atoms with Gasteiger partial charge in [-0.05, 0) is 53.5 Å². The maximum Gasteiger partial charge on any atom is 0.0540 e. The molecular formula is C21H20N2. The summed E-state index contributed by atoms with van der Waals surface area (Å²) in [5.41, 5.74) is 6.34. The van der Waals surface area contributed by atoms with Crippen molar-refractivity contribution in [1.82, 2.24) is 0 Å². The number of anilines is 1. The van der Waals surface area contributed by atoms with E-state index in [0.717, 1.165) is 17.8 Å². The summed E-state index contributed by atoms with van der Waals surface area (Å²) in [6.07, 6.45) is 7.71. The van der Waals surface area contributed by atoms with Crippen LogP contribution in [0, 0.1) is 5.41 Å². The average Bonchev–Trinajstić information content (AvgIpc) is 2.60. The van der Waals surface area contributed by atoms with Crippen molar-refractivity contribution >= 4 is 17.0 Å². The molecule has 2 nitrogen and oxygen atoms in total. The fourth-order valence-corrected chi connectivity index (χ4v) is 2.70. The Morgan fingerprint density at radius 3 is 2.04 bits per heavy atom. The molecule has 2 heteroatoms. The molecule has 0 fully saturated rings. The lowest BCUT2D eigenvalue weighted by atomic mass is 9.91. The summed E-state index contributed by atoms with van der Waals surface area (Å²) in [7, 11) is 0. The quantitative estimate of drug-likeness (QED) is 0.813. The van der Waals surface area contributed by atoms with Crippen molar-refractivity contribution in [3.05, 3.63) is 95.6 Å². The van der Waals surface area contributed by atoms with E-state index < -0.39 is 0 Å². The summed E-state index contributed by atoms with van der Waals surface area (Å²) in [5.74, 6) is 0. The second kappa shape index (κ2) is 6.93. The molecule has 0 amide bonds. The predicted molar refractivity (Wildman–Crippen MR) is 99.1 cm³/mol. The van der Waals surface area contributed by atoms with Crippen LogP contribution in [0.5, 0.6) is 0 Å². The van der Waals surface area contributed by atoms with Gasteiger partial charge in [0.05, 0.1) is 5.71 Å². The summed E-state index contributed by atoms with van der Waals surface area (Å²) < 4.78 is 0. The first kappa shape index (κ1) is 15.0. The van der Waals surface area contributed by atoms with Gasteiger partial charge in [0.1, 0.15) is 0 Å². The molecule has 0 saturated heterocycles. The van der Waals surface area contributed by atoms with Crippen LogP contribution in [0.2, 0.25) is 0 Å². The number of allylic oxidation sites excluding steroid dienone is 5. The molecular weight excluding hydrogens is 280 g/mol. The van der Waals surface area contributed by atoms with Gasteiger partial charge in [-0.25, -0.2) is 0 Å². The monoisotopic (exact) mass is 300 g/mol. The Morgan fingerprint density at radius 1 is 0.826 bits per heavy atom. The predicted octanol–water partition coefficient (Wildman–Crippen LogP) is 5.07. The Hall–Kier alpha value is -2.87. The molecule has 23 heavy (non-hydrogen) atoms. The maximum atomic E-state index is 7.70. The van der Waals surface area contributed by atoms with Crippen molar-refractivity contribution in [3.8, 4) is 0 Å². The summed E-state index contributed by atoms with van der Waals surface area (Å²) in [6.45, 7) is 3.01. The van der Waals surface area contributed by atoms with Crippen LogP contribution >= 0.6 is 0 Å². The lowest BCUT2D eigenvalue weighted by Crippen LogP contribution is -1.98. The summed E-state index contributed by atoms with van der Waals surface area (Å²) in [4.78, 5) is 0. The van der Waals surface area contributed by atoms with Crippen molar-refractivity contribution < 1.29 is 0 Å². The second-order valence-corrected chi connectivity index (χ2v) is 5.43. The van der Waals surface area contributed by atoms with Crippen LogP contribution in [0.1, 0.15) is 18.1 Å². The third-order valence-electron chi connectivity index (χ3n) is 3.79. The fourth-order valence-electron chi connectivity index (χ4n) is 2.70. The molecule has 0 spiro atoms. The molecule has 2 N–H and O–H groups in total. The van der Waals surface area contributed by atoms with E-state index in [1.807, 2.05) is 30.4 Å². The Morgan fingerprint density at radius 2 is 1.43 bits per heavy atom. The van der Waals surface area contributed by atoms with E-state index in [9.17, 15) is 0 Å². The SMILES string of the molecule is CCNc1ccc(C(=C2C=CC(=N)C=C2)c2ccccc2)cc1. The highest BCUT2D eigenvalue weighted by Crippen LogP contribution is 2.30. The third-order valence-corrected chi connectivity index (χ3v) is 3.79. The smallest absolute Gasteiger partial charge is 0.0540 e. The zero-order chi connectivity index (χ0) is 16.1. The summed E-state index contributed by atoms with van der Waals surface area (Å²) in [5, 5.41) is 11.0. The topological polar surface area (TPSA) is 35.9 Å². The van der Waals surface area contributed by atoms with Gasteiger partial charge < -0.3 is 10.7 Å². The second-order valence-electron chi connectivity index (χ2n) is 5.43. The molecule has 1 aliphatic carbocycles. The minimum absolute atomic E-state index is 0.531. The molecule has 0 aromatic heterocycles. The molecule has 0 bridgehead atoms. The molecule has 0 atom stereocenters. The zero-order valence-corrected chi connectivity index (χ0v) is 13.2. The highest BCUT2D eigenvalue weighted by molar-refractivity contribution is 6.05. The van der Waals surface area contributed by atoms with E-state index in [4.69, 9.17) is 5.41 Å². The Labute approximate surface area is 137 Å². The lowest BCUT2D eigenvalue weighted by Gasteiger charge is -2.14. The molecule has 0 aliphatic heterocycles. The van der Waals surface area contributed by atoms with Gasteiger partial charge in [0.2, 0.25) is 0 Å². The van der Waals surface area contributed by atoms with E-state index in [-0.39, 0.29) is 0 Å². The summed E-state index contributed by atoms with van der Waals surface area (Å²) in [6, 6.07) is 18.9. The Kier molecular flexibility index (Phi) is 4.53. The van der Waals surface area contributed by atoms with Crippen LogP contribution < -0.4 is 5.32 Å². The van der Waals surface area contributed by atoms with Gasteiger partial charge in [-0.2, -0.15) is 0 Å². The highest BCUT2D eigenvalue weighted by Gasteiger charge is 2.10. The van der Waals surface area contributed by atoms with Gasteiger partial charge in [0, 0.05) is 12.2 Å². The standard InChI is InChI=1S/C21H20N2/c1-2-23-20-14-10-18(11-15-20)21(16-6-4-3-5-7-16)17-8-12-19(22)13-9-17/h3-15,22-23H,2H2,1H3. The first-order valence-electron chi connectivity index (χ1n) is 7.86. The molecule has 3 rings (SSSR count). The minimum Gasteiger partial charge on any atom is -0.385 e. The molecule has 0 unspecified atom stereocenters. The number of rotatable bonds is 4. The van der Waals surface area contributed by atoms with E-state index in [2.05, 4.69) is 60.8 Å². The van der Waals surface area contributed by atoms with Gasteiger partial charge >= 0.3 is 0 Å². The molecule has 0 radical (unpaired) electrons. The number of benzene rings is 2. The van der Waals surface area contributed by atoms with Crippen LogP contribution in [-0.2, 0) is 0 Å².